The van der Waals surface area contributed by atoms with Crippen LogP contribution in [0.4, 0.5) is 10.1 Å². The van der Waals surface area contributed by atoms with E-state index in [1.54, 1.807) is 18.2 Å². The molecule has 0 bridgehead atoms. The first-order chi connectivity index (χ1) is 9.65. The average molecular weight is 293 g/mol. The van der Waals surface area contributed by atoms with Crippen LogP contribution in [0.2, 0.25) is 5.02 Å². The number of benzene rings is 2. The summed E-state index contributed by atoms with van der Waals surface area (Å²) in [5, 5.41) is 6.21. The van der Waals surface area contributed by atoms with E-state index in [0.717, 1.165) is 5.56 Å². The van der Waals surface area contributed by atoms with Crippen LogP contribution in [0.15, 0.2) is 48.5 Å². The minimum Gasteiger partial charge on any atom is -0.376 e. The Bertz CT molecular complexity index is 604. The first kappa shape index (κ1) is 14.3. The van der Waals surface area contributed by atoms with Gasteiger partial charge in [0.25, 0.3) is 0 Å². The fourth-order valence-corrected chi connectivity index (χ4v) is 1.88. The van der Waals surface area contributed by atoms with Gasteiger partial charge < -0.3 is 10.6 Å². The van der Waals surface area contributed by atoms with Gasteiger partial charge in [0.2, 0.25) is 5.91 Å². The largest absolute Gasteiger partial charge is 0.376 e. The lowest BCUT2D eigenvalue weighted by Gasteiger charge is -2.08. The van der Waals surface area contributed by atoms with Crippen LogP contribution in [0.5, 0.6) is 0 Å². The Labute approximate surface area is 121 Å². The Morgan fingerprint density at radius 3 is 2.70 bits per heavy atom. The molecule has 2 rings (SSSR count). The molecule has 1 amide bonds. The molecule has 2 aromatic carbocycles. The number of rotatable bonds is 5. The smallest absolute Gasteiger partial charge is 0.239 e. The van der Waals surface area contributed by atoms with E-state index in [1.807, 2.05) is 18.2 Å². The van der Waals surface area contributed by atoms with Crippen LogP contribution in [0, 0.1) is 5.82 Å². The first-order valence-electron chi connectivity index (χ1n) is 6.15. The van der Waals surface area contributed by atoms with Crippen LogP contribution in [-0.2, 0) is 11.3 Å². The lowest BCUT2D eigenvalue weighted by Crippen LogP contribution is -2.29. The molecule has 3 nitrogen and oxygen atoms in total. The van der Waals surface area contributed by atoms with Crippen molar-refractivity contribution in [2.24, 2.45) is 0 Å². The second kappa shape index (κ2) is 6.91. The number of carbonyl (C=O) groups excluding carboxylic acids is 1. The van der Waals surface area contributed by atoms with Crippen molar-refractivity contribution in [1.82, 2.24) is 5.32 Å². The lowest BCUT2D eigenvalue weighted by molar-refractivity contribution is -0.119. The zero-order valence-corrected chi connectivity index (χ0v) is 11.5. The molecule has 0 fully saturated rings. The molecule has 5 heteroatoms. The van der Waals surface area contributed by atoms with Gasteiger partial charge in [-0.25, -0.2) is 4.39 Å². The van der Waals surface area contributed by atoms with Crippen LogP contribution < -0.4 is 10.6 Å². The lowest BCUT2D eigenvalue weighted by atomic mass is 10.2. The molecule has 0 unspecified atom stereocenters. The van der Waals surface area contributed by atoms with Crippen molar-refractivity contribution in [3.63, 3.8) is 0 Å². The van der Waals surface area contributed by atoms with Crippen molar-refractivity contribution in [2.45, 2.75) is 6.54 Å². The molecule has 2 aromatic rings. The highest BCUT2D eigenvalue weighted by Gasteiger charge is 2.03. The van der Waals surface area contributed by atoms with E-state index in [2.05, 4.69) is 10.6 Å². The van der Waals surface area contributed by atoms with Crippen molar-refractivity contribution in [2.75, 3.05) is 11.9 Å². The van der Waals surface area contributed by atoms with Gasteiger partial charge in [-0.3, -0.25) is 4.79 Å². The Balaban J connectivity index is 1.80. The monoisotopic (exact) mass is 292 g/mol. The van der Waals surface area contributed by atoms with Gasteiger partial charge in [-0.15, -0.1) is 0 Å². The van der Waals surface area contributed by atoms with Gasteiger partial charge in [0.1, 0.15) is 5.82 Å². The summed E-state index contributed by atoms with van der Waals surface area (Å²) in [5.41, 5.74) is 1.42. The molecule has 0 saturated heterocycles. The van der Waals surface area contributed by atoms with Crippen molar-refractivity contribution >= 4 is 23.2 Å². The molecular formula is C15H14ClFN2O. The van der Waals surface area contributed by atoms with Gasteiger partial charge in [0.15, 0.2) is 0 Å². The number of carbonyl (C=O) groups is 1. The third-order valence-electron chi connectivity index (χ3n) is 2.71. The predicted molar refractivity (Wildman–Crippen MR) is 78.2 cm³/mol. The predicted octanol–water partition coefficient (Wildman–Crippen LogP) is 3.21. The van der Waals surface area contributed by atoms with Crippen LogP contribution >= 0.6 is 11.6 Å². The molecule has 0 aliphatic carbocycles. The van der Waals surface area contributed by atoms with Gasteiger partial charge in [-0.1, -0.05) is 35.9 Å². The summed E-state index contributed by atoms with van der Waals surface area (Å²) in [6.45, 7) is 0.442. The van der Waals surface area contributed by atoms with Crippen molar-refractivity contribution in [3.05, 3.63) is 64.9 Å². The summed E-state index contributed by atoms with van der Waals surface area (Å²) in [4.78, 5) is 11.7. The molecule has 0 saturated carbocycles. The van der Waals surface area contributed by atoms with Crippen LogP contribution in [0.1, 0.15) is 5.56 Å². The van der Waals surface area contributed by atoms with Gasteiger partial charge in [-0.05, 0) is 29.8 Å². The Hall–Kier alpha value is -2.07. The molecule has 20 heavy (non-hydrogen) atoms. The second-order valence-corrected chi connectivity index (χ2v) is 4.64. The van der Waals surface area contributed by atoms with Gasteiger partial charge in [0, 0.05) is 17.3 Å². The quantitative estimate of drug-likeness (QED) is 0.888. The number of amides is 1. The van der Waals surface area contributed by atoms with Crippen LogP contribution in [0.25, 0.3) is 0 Å². The number of nitrogens with one attached hydrogen (secondary N) is 2. The van der Waals surface area contributed by atoms with E-state index in [4.69, 9.17) is 11.6 Å². The van der Waals surface area contributed by atoms with Crippen LogP contribution in [-0.4, -0.2) is 12.5 Å². The fourth-order valence-electron chi connectivity index (χ4n) is 1.68. The molecule has 0 aliphatic heterocycles. The molecule has 104 valence electrons. The van der Waals surface area contributed by atoms with Gasteiger partial charge >= 0.3 is 0 Å². The fraction of sp³-hybridized carbons (Fsp3) is 0.133. The maximum absolute atomic E-state index is 13.0. The normalized spacial score (nSPS) is 10.1. The summed E-state index contributed by atoms with van der Waals surface area (Å²) < 4.78 is 13.0. The third kappa shape index (κ3) is 4.24. The molecule has 0 aliphatic rings. The topological polar surface area (TPSA) is 41.1 Å². The summed E-state index contributed by atoms with van der Waals surface area (Å²) in [7, 11) is 0. The maximum atomic E-state index is 13.0. The molecule has 0 radical (unpaired) electrons. The number of hydrogen-bond donors (Lipinski definition) is 2. The van der Waals surface area contributed by atoms with Crippen molar-refractivity contribution < 1.29 is 9.18 Å². The summed E-state index contributed by atoms with van der Waals surface area (Å²) in [6.07, 6.45) is 0. The van der Waals surface area contributed by atoms with E-state index >= 15 is 0 Å². The summed E-state index contributed by atoms with van der Waals surface area (Å²) in [5.74, 6) is -0.527. The molecule has 0 atom stereocenters. The minimum absolute atomic E-state index is 0.0773. The van der Waals surface area contributed by atoms with E-state index in [9.17, 15) is 9.18 Å². The number of anilines is 1. The SMILES string of the molecule is O=C(CNc1cccc(F)c1)NCc1ccccc1Cl. The number of hydrogen-bond acceptors (Lipinski definition) is 2. The van der Waals surface area contributed by atoms with E-state index in [0.29, 0.717) is 17.3 Å². The van der Waals surface area contributed by atoms with Crippen molar-refractivity contribution in [3.8, 4) is 0 Å². The second-order valence-electron chi connectivity index (χ2n) is 4.23. The molecule has 0 aromatic heterocycles. The van der Waals surface area contributed by atoms with E-state index in [1.165, 1.54) is 12.1 Å². The molecular weight excluding hydrogens is 279 g/mol. The van der Waals surface area contributed by atoms with Gasteiger partial charge in [0.05, 0.1) is 6.54 Å². The Morgan fingerprint density at radius 1 is 1.15 bits per heavy atom. The van der Waals surface area contributed by atoms with Crippen molar-refractivity contribution in [1.29, 1.82) is 0 Å². The highest BCUT2D eigenvalue weighted by molar-refractivity contribution is 6.31. The standard InChI is InChI=1S/C15H14ClFN2O/c16-14-7-2-1-4-11(14)9-19-15(20)10-18-13-6-3-5-12(17)8-13/h1-8,18H,9-10H2,(H,19,20). The average Bonchev–Trinajstić information content (AvgIpc) is 2.44. The first-order valence-corrected chi connectivity index (χ1v) is 6.52. The summed E-state index contributed by atoms with van der Waals surface area (Å²) in [6, 6.07) is 13.3. The number of halogens is 2. The molecule has 2 N–H and O–H groups in total. The van der Waals surface area contributed by atoms with Gasteiger partial charge in [-0.2, -0.15) is 0 Å². The Morgan fingerprint density at radius 2 is 1.95 bits per heavy atom. The van der Waals surface area contributed by atoms with E-state index < -0.39 is 0 Å². The van der Waals surface area contributed by atoms with E-state index in [-0.39, 0.29) is 18.3 Å². The summed E-state index contributed by atoms with van der Waals surface area (Å²) >= 11 is 5.99. The highest BCUT2D eigenvalue weighted by Crippen LogP contribution is 2.14. The zero-order valence-electron chi connectivity index (χ0n) is 10.7. The highest BCUT2D eigenvalue weighted by atomic mass is 35.5. The minimum atomic E-state index is -0.341. The Kier molecular flexibility index (Phi) is 4.96. The maximum Gasteiger partial charge on any atom is 0.239 e. The zero-order chi connectivity index (χ0) is 14.4. The van der Waals surface area contributed by atoms with Crippen LogP contribution in [0.3, 0.4) is 0 Å². The third-order valence-corrected chi connectivity index (χ3v) is 3.08. The molecule has 0 heterocycles. The molecule has 0 spiro atoms.